The molecule has 0 aliphatic rings. The maximum Gasteiger partial charge on any atom is 0.338 e. The van der Waals surface area contributed by atoms with Gasteiger partial charge in [0.25, 0.3) is 5.56 Å². The predicted molar refractivity (Wildman–Crippen MR) is 102 cm³/mol. The van der Waals surface area contributed by atoms with E-state index in [0.29, 0.717) is 32.0 Å². The molecule has 140 valence electrons. The van der Waals surface area contributed by atoms with Crippen molar-refractivity contribution in [2.45, 2.75) is 27.4 Å². The van der Waals surface area contributed by atoms with Crippen molar-refractivity contribution < 1.29 is 19.1 Å². The highest BCUT2D eigenvalue weighted by Gasteiger charge is 2.17. The molecular weight excluding hydrogens is 368 g/mol. The first-order chi connectivity index (χ1) is 12.8. The molecule has 1 N–H and O–H groups in total. The Hall–Kier alpha value is -3.00. The van der Waals surface area contributed by atoms with E-state index in [0.717, 1.165) is 16.9 Å². The monoisotopic (exact) mass is 386 g/mol. The Bertz CT molecular complexity index is 1110. The second kappa shape index (κ2) is 7.32. The van der Waals surface area contributed by atoms with Crippen LogP contribution in [0.2, 0.25) is 0 Å². The van der Waals surface area contributed by atoms with E-state index >= 15 is 0 Å². The van der Waals surface area contributed by atoms with Crippen molar-refractivity contribution in [3.8, 4) is 5.75 Å². The second-order valence-corrected chi connectivity index (χ2v) is 7.06. The Kier molecular flexibility index (Phi) is 5.09. The third-order valence-electron chi connectivity index (χ3n) is 4.15. The van der Waals surface area contributed by atoms with Gasteiger partial charge >= 0.3 is 5.97 Å². The summed E-state index contributed by atoms with van der Waals surface area (Å²) in [5, 5.41) is 0.392. The van der Waals surface area contributed by atoms with Gasteiger partial charge < -0.3 is 14.5 Å². The number of rotatable bonds is 5. The van der Waals surface area contributed by atoms with E-state index in [1.165, 1.54) is 14.0 Å². The molecule has 0 saturated heterocycles. The summed E-state index contributed by atoms with van der Waals surface area (Å²) in [7, 11) is 1.53. The number of H-pyrrole nitrogens is 1. The van der Waals surface area contributed by atoms with Crippen LogP contribution in [0.25, 0.3) is 10.2 Å². The number of nitrogens with zero attached hydrogens (tertiary/aromatic N) is 1. The van der Waals surface area contributed by atoms with Gasteiger partial charge in [-0.3, -0.25) is 9.59 Å². The van der Waals surface area contributed by atoms with E-state index in [2.05, 4.69) is 9.97 Å². The van der Waals surface area contributed by atoms with Crippen LogP contribution in [0.1, 0.15) is 43.9 Å². The summed E-state index contributed by atoms with van der Waals surface area (Å²) in [6.07, 6.45) is 0. The lowest BCUT2D eigenvalue weighted by atomic mass is 10.1. The number of benzene rings is 1. The zero-order valence-corrected chi connectivity index (χ0v) is 16.2. The first-order valence-electron chi connectivity index (χ1n) is 8.16. The van der Waals surface area contributed by atoms with E-state index in [9.17, 15) is 14.4 Å². The average Bonchev–Trinajstić information content (AvgIpc) is 2.97. The van der Waals surface area contributed by atoms with Gasteiger partial charge in [-0.05, 0) is 44.0 Å². The van der Waals surface area contributed by atoms with Crippen molar-refractivity contribution in [3.05, 3.63) is 55.9 Å². The fourth-order valence-electron chi connectivity index (χ4n) is 2.76. The maximum absolute atomic E-state index is 12.3. The quantitative estimate of drug-likeness (QED) is 0.534. The molecule has 3 aromatic rings. The van der Waals surface area contributed by atoms with Gasteiger partial charge in [0.1, 0.15) is 23.0 Å². The molecule has 7 nitrogen and oxygen atoms in total. The Labute approximate surface area is 159 Å². The summed E-state index contributed by atoms with van der Waals surface area (Å²) in [4.78, 5) is 44.1. The smallest absolute Gasteiger partial charge is 0.338 e. The van der Waals surface area contributed by atoms with Crippen LogP contribution < -0.4 is 10.3 Å². The van der Waals surface area contributed by atoms with E-state index in [1.54, 1.807) is 25.1 Å². The lowest BCUT2D eigenvalue weighted by Crippen LogP contribution is -2.14. The van der Waals surface area contributed by atoms with Crippen LogP contribution in [0.5, 0.6) is 5.75 Å². The van der Waals surface area contributed by atoms with Gasteiger partial charge in [0.15, 0.2) is 5.78 Å². The minimum absolute atomic E-state index is 0.115. The average molecular weight is 386 g/mol. The molecule has 27 heavy (non-hydrogen) atoms. The number of aromatic amines is 1. The highest BCUT2D eigenvalue weighted by Crippen LogP contribution is 2.27. The Morgan fingerprint density at radius 1 is 1.26 bits per heavy atom. The van der Waals surface area contributed by atoms with Gasteiger partial charge in [0, 0.05) is 0 Å². The highest BCUT2D eigenvalue weighted by molar-refractivity contribution is 7.20. The highest BCUT2D eigenvalue weighted by atomic mass is 32.1. The fraction of sp³-hybridized carbons (Fsp3) is 0.263. The third-order valence-corrected chi connectivity index (χ3v) is 5.44. The molecule has 0 fully saturated rings. The maximum atomic E-state index is 12.3. The lowest BCUT2D eigenvalue weighted by Gasteiger charge is -2.08. The van der Waals surface area contributed by atoms with E-state index in [1.807, 2.05) is 6.92 Å². The number of carbonyl (C=O) groups excluding carboxylic acids is 2. The molecule has 0 radical (unpaired) electrons. The molecular formula is C19H18N2O5S. The number of ether oxygens (including phenoxy) is 2. The van der Waals surface area contributed by atoms with Crippen molar-refractivity contribution in [1.29, 1.82) is 0 Å². The Morgan fingerprint density at radius 3 is 2.67 bits per heavy atom. The van der Waals surface area contributed by atoms with Crippen LogP contribution in [-0.4, -0.2) is 28.8 Å². The molecule has 2 heterocycles. The molecule has 1 aromatic carbocycles. The van der Waals surface area contributed by atoms with Crippen LogP contribution in [-0.2, 0) is 11.3 Å². The van der Waals surface area contributed by atoms with Gasteiger partial charge in [-0.25, -0.2) is 9.78 Å². The van der Waals surface area contributed by atoms with E-state index in [-0.39, 0.29) is 23.8 Å². The van der Waals surface area contributed by atoms with Crippen LogP contribution in [0.15, 0.2) is 23.0 Å². The number of nitrogens with one attached hydrogen (secondary N) is 1. The van der Waals surface area contributed by atoms with Gasteiger partial charge in [-0.2, -0.15) is 0 Å². The lowest BCUT2D eigenvalue weighted by molar-refractivity contribution is 0.0462. The summed E-state index contributed by atoms with van der Waals surface area (Å²) in [5.41, 5.74) is 1.50. The molecule has 0 aliphatic carbocycles. The number of methoxy groups -OCH3 is 1. The van der Waals surface area contributed by atoms with Crippen molar-refractivity contribution in [2.75, 3.05) is 7.11 Å². The summed E-state index contributed by atoms with van der Waals surface area (Å²) in [6.45, 7) is 4.85. The van der Waals surface area contributed by atoms with Crippen LogP contribution in [0.3, 0.4) is 0 Å². The molecule has 0 atom stereocenters. The molecule has 2 aromatic heterocycles. The standard InChI is InChI=1S/C19H18N2O5S/c1-9-5-6-12(7-13(9)25-4)19(24)26-8-14-20-17(23)15-10(2)16(11(3)22)27-18(15)21-14/h5-7H,8H2,1-4H3,(H,20,21,23). The number of aromatic nitrogens is 2. The molecule has 0 saturated carbocycles. The van der Waals surface area contributed by atoms with Crippen molar-refractivity contribution in [3.63, 3.8) is 0 Å². The van der Waals surface area contributed by atoms with Crippen LogP contribution >= 0.6 is 11.3 Å². The number of carbonyl (C=O) groups is 2. The molecule has 8 heteroatoms. The van der Waals surface area contributed by atoms with Crippen molar-refractivity contribution >= 4 is 33.3 Å². The zero-order chi connectivity index (χ0) is 19.7. The van der Waals surface area contributed by atoms with Crippen molar-refractivity contribution in [1.82, 2.24) is 9.97 Å². The molecule has 3 rings (SSSR count). The molecule has 0 aliphatic heterocycles. The van der Waals surface area contributed by atoms with Gasteiger partial charge in [0.2, 0.25) is 0 Å². The topological polar surface area (TPSA) is 98.3 Å². The first-order valence-corrected chi connectivity index (χ1v) is 8.98. The number of esters is 1. The Morgan fingerprint density at radius 2 is 2.00 bits per heavy atom. The van der Waals surface area contributed by atoms with E-state index in [4.69, 9.17) is 9.47 Å². The van der Waals surface area contributed by atoms with Gasteiger partial charge in [-0.1, -0.05) is 6.07 Å². The number of ketones is 1. The number of thiophene rings is 1. The predicted octanol–water partition coefficient (Wildman–Crippen LogP) is 3.17. The first kappa shape index (κ1) is 18.8. The third kappa shape index (κ3) is 3.61. The normalized spacial score (nSPS) is 10.8. The number of hydrogen-bond acceptors (Lipinski definition) is 7. The summed E-state index contributed by atoms with van der Waals surface area (Å²) in [5.74, 6) is 0.138. The van der Waals surface area contributed by atoms with Gasteiger partial charge in [-0.15, -0.1) is 11.3 Å². The van der Waals surface area contributed by atoms with Gasteiger partial charge in [0.05, 0.1) is 22.9 Å². The molecule has 0 bridgehead atoms. The SMILES string of the molecule is COc1cc(C(=O)OCc2nc3sc(C(C)=O)c(C)c3c(=O)[nH]2)ccc1C. The second-order valence-electron chi connectivity index (χ2n) is 6.07. The summed E-state index contributed by atoms with van der Waals surface area (Å²) >= 11 is 1.16. The number of fused-ring (bicyclic) bond motifs is 1. The molecule has 0 unspecified atom stereocenters. The largest absolute Gasteiger partial charge is 0.496 e. The summed E-state index contributed by atoms with van der Waals surface area (Å²) in [6, 6.07) is 5.00. The Balaban J connectivity index is 1.84. The minimum atomic E-state index is -0.553. The fourth-order valence-corrected chi connectivity index (χ4v) is 3.85. The molecule has 0 spiro atoms. The van der Waals surface area contributed by atoms with Crippen LogP contribution in [0, 0.1) is 13.8 Å². The number of Topliss-reactive ketones (excluding diaryl/α,β-unsaturated/α-hetero) is 1. The molecule has 0 amide bonds. The number of hydrogen-bond donors (Lipinski definition) is 1. The minimum Gasteiger partial charge on any atom is -0.496 e. The van der Waals surface area contributed by atoms with E-state index < -0.39 is 5.97 Å². The van der Waals surface area contributed by atoms with Crippen LogP contribution in [0.4, 0.5) is 0 Å². The zero-order valence-electron chi connectivity index (χ0n) is 15.3. The summed E-state index contributed by atoms with van der Waals surface area (Å²) < 4.78 is 10.5. The van der Waals surface area contributed by atoms with Crippen molar-refractivity contribution in [2.24, 2.45) is 0 Å². The number of aryl methyl sites for hydroxylation is 2.